The number of halogens is 1. The van der Waals surface area contributed by atoms with Gasteiger partial charge in [0, 0.05) is 61.0 Å². The summed E-state index contributed by atoms with van der Waals surface area (Å²) in [5.74, 6) is 0.868. The number of methoxy groups -OCH3 is 2. The maximum atomic E-state index is 12.5. The zero-order valence-electron chi connectivity index (χ0n) is 21.4. The van der Waals surface area contributed by atoms with Crippen molar-refractivity contribution in [1.29, 1.82) is 0 Å². The summed E-state index contributed by atoms with van der Waals surface area (Å²) in [4.78, 5) is 20.7. The maximum absolute atomic E-state index is 12.5. The Labute approximate surface area is 217 Å². The Bertz CT molecular complexity index is 1250. The van der Waals surface area contributed by atoms with Crippen LogP contribution in [0, 0.1) is 0 Å². The average Bonchev–Trinajstić information content (AvgIpc) is 2.80. The number of aliphatic imine (C=N–C) groups is 1. The van der Waals surface area contributed by atoms with Crippen molar-refractivity contribution in [3.05, 3.63) is 40.9 Å². The molecule has 0 bridgehead atoms. The van der Waals surface area contributed by atoms with Crippen LogP contribution in [0.4, 0.5) is 16.2 Å². The molecule has 2 aromatic rings. The zero-order valence-corrected chi connectivity index (χ0v) is 22.9. The third-order valence-electron chi connectivity index (χ3n) is 5.45. The van der Waals surface area contributed by atoms with Gasteiger partial charge < -0.3 is 24.0 Å². The van der Waals surface area contributed by atoms with E-state index in [1.54, 1.807) is 35.2 Å². The van der Waals surface area contributed by atoms with E-state index >= 15 is 0 Å². The molecule has 0 aliphatic carbocycles. The molecule has 9 nitrogen and oxygen atoms in total. The van der Waals surface area contributed by atoms with E-state index in [0.29, 0.717) is 48.3 Å². The van der Waals surface area contributed by atoms with Gasteiger partial charge in [-0.1, -0.05) is 11.6 Å². The van der Waals surface area contributed by atoms with Gasteiger partial charge in [-0.2, -0.15) is 0 Å². The molecule has 196 valence electrons. The Hall–Kier alpha value is -2.98. The first-order valence-corrected chi connectivity index (χ1v) is 13.6. The first kappa shape index (κ1) is 27.6. The Morgan fingerprint density at radius 3 is 2.28 bits per heavy atom. The van der Waals surface area contributed by atoms with Gasteiger partial charge in [0.1, 0.15) is 5.60 Å². The summed E-state index contributed by atoms with van der Waals surface area (Å²) in [6.45, 7) is 7.62. The van der Waals surface area contributed by atoms with Crippen LogP contribution in [-0.4, -0.2) is 77.9 Å². The molecule has 0 spiro atoms. The lowest BCUT2D eigenvalue weighted by molar-refractivity contribution is 0.0240. The molecule has 1 amide bonds. The number of benzene rings is 2. The Kier molecular flexibility index (Phi) is 8.40. The van der Waals surface area contributed by atoms with E-state index in [4.69, 9.17) is 25.8 Å². The number of carbonyl (C=O) groups is 1. The van der Waals surface area contributed by atoms with Crippen LogP contribution < -0.4 is 14.4 Å². The molecule has 2 aromatic carbocycles. The van der Waals surface area contributed by atoms with Gasteiger partial charge in [-0.05, 0) is 45.0 Å². The number of ether oxygens (including phenoxy) is 3. The number of hydrogen-bond acceptors (Lipinski definition) is 8. The number of sulfone groups is 1. The maximum Gasteiger partial charge on any atom is 0.410 e. The second-order valence-electron chi connectivity index (χ2n) is 9.37. The Morgan fingerprint density at radius 1 is 1.06 bits per heavy atom. The SMILES string of the molecule is COc1cc(Cl)cc(C=Nc2cc(N3CCN(C(=O)OC(C)(C)C)CC3)ccc2S(C)(=O)=O)c1OC. The lowest BCUT2D eigenvalue weighted by atomic mass is 10.2. The van der Waals surface area contributed by atoms with Crippen molar-refractivity contribution in [2.45, 2.75) is 31.3 Å². The highest BCUT2D eigenvalue weighted by Crippen LogP contribution is 2.35. The second kappa shape index (κ2) is 11.0. The average molecular weight is 538 g/mol. The van der Waals surface area contributed by atoms with Crippen molar-refractivity contribution in [2.75, 3.05) is 51.6 Å². The lowest BCUT2D eigenvalue weighted by Gasteiger charge is -2.36. The zero-order chi connectivity index (χ0) is 26.7. The van der Waals surface area contributed by atoms with Gasteiger partial charge >= 0.3 is 6.09 Å². The van der Waals surface area contributed by atoms with Crippen molar-refractivity contribution >= 4 is 45.1 Å². The molecule has 0 saturated carbocycles. The van der Waals surface area contributed by atoms with Gasteiger partial charge in [-0.3, -0.25) is 4.99 Å². The van der Waals surface area contributed by atoms with Crippen LogP contribution in [0.15, 0.2) is 40.2 Å². The molecular weight excluding hydrogens is 506 g/mol. The predicted octanol–water partition coefficient (Wildman–Crippen LogP) is 4.57. The van der Waals surface area contributed by atoms with E-state index in [0.717, 1.165) is 11.9 Å². The molecule has 1 aliphatic rings. The van der Waals surface area contributed by atoms with Crippen molar-refractivity contribution in [3.8, 4) is 11.5 Å². The van der Waals surface area contributed by atoms with Crippen LogP contribution in [0.2, 0.25) is 5.02 Å². The molecular formula is C25H32ClN3O6S. The van der Waals surface area contributed by atoms with E-state index < -0.39 is 15.4 Å². The highest BCUT2D eigenvalue weighted by atomic mass is 35.5. The van der Waals surface area contributed by atoms with Crippen molar-refractivity contribution in [3.63, 3.8) is 0 Å². The topological polar surface area (TPSA) is 97.7 Å². The fourth-order valence-corrected chi connectivity index (χ4v) is 4.81. The van der Waals surface area contributed by atoms with Gasteiger partial charge in [0.15, 0.2) is 21.3 Å². The number of rotatable bonds is 6. The quantitative estimate of drug-likeness (QED) is 0.498. The molecule has 0 N–H and O–H groups in total. The first-order valence-electron chi connectivity index (χ1n) is 11.3. The lowest BCUT2D eigenvalue weighted by Crippen LogP contribution is -2.50. The third kappa shape index (κ3) is 6.82. The van der Waals surface area contributed by atoms with E-state index in [1.807, 2.05) is 20.8 Å². The molecule has 1 heterocycles. The smallest absolute Gasteiger partial charge is 0.410 e. The third-order valence-corrected chi connectivity index (χ3v) is 6.82. The summed E-state index contributed by atoms with van der Waals surface area (Å²) in [7, 11) is -0.538. The summed E-state index contributed by atoms with van der Waals surface area (Å²) in [5, 5.41) is 0.425. The van der Waals surface area contributed by atoms with Crippen LogP contribution in [0.5, 0.6) is 11.5 Å². The number of carbonyl (C=O) groups excluding carboxylic acids is 1. The largest absolute Gasteiger partial charge is 0.493 e. The molecule has 0 radical (unpaired) electrons. The van der Waals surface area contributed by atoms with Gasteiger partial charge in [-0.25, -0.2) is 13.2 Å². The molecule has 1 fully saturated rings. The number of hydrogen-bond donors (Lipinski definition) is 0. The van der Waals surface area contributed by atoms with Crippen LogP contribution in [0.3, 0.4) is 0 Å². The van der Waals surface area contributed by atoms with Crippen LogP contribution >= 0.6 is 11.6 Å². The molecule has 0 atom stereocenters. The molecule has 3 rings (SSSR count). The molecule has 11 heteroatoms. The highest BCUT2D eigenvalue weighted by molar-refractivity contribution is 7.90. The van der Waals surface area contributed by atoms with E-state index in [-0.39, 0.29) is 16.7 Å². The number of nitrogens with zero attached hydrogens (tertiary/aromatic N) is 3. The van der Waals surface area contributed by atoms with Crippen molar-refractivity contribution in [2.24, 2.45) is 4.99 Å². The van der Waals surface area contributed by atoms with Gasteiger partial charge in [0.25, 0.3) is 0 Å². The summed E-state index contributed by atoms with van der Waals surface area (Å²) in [6.07, 6.45) is 2.30. The first-order chi connectivity index (χ1) is 16.8. The van der Waals surface area contributed by atoms with Crippen LogP contribution in [-0.2, 0) is 14.6 Å². The minimum absolute atomic E-state index is 0.0999. The summed E-state index contributed by atoms with van der Waals surface area (Å²) >= 11 is 6.20. The molecule has 0 aromatic heterocycles. The van der Waals surface area contributed by atoms with E-state index in [9.17, 15) is 13.2 Å². The monoisotopic (exact) mass is 537 g/mol. The summed E-state index contributed by atoms with van der Waals surface area (Å²) < 4.78 is 41.1. The summed E-state index contributed by atoms with van der Waals surface area (Å²) in [6, 6.07) is 8.31. The molecule has 36 heavy (non-hydrogen) atoms. The van der Waals surface area contributed by atoms with E-state index in [2.05, 4.69) is 9.89 Å². The normalized spacial score (nSPS) is 14.8. The minimum Gasteiger partial charge on any atom is -0.493 e. The predicted molar refractivity (Wildman–Crippen MR) is 141 cm³/mol. The Balaban J connectivity index is 1.89. The molecule has 0 unspecified atom stereocenters. The van der Waals surface area contributed by atoms with Gasteiger partial charge in [-0.15, -0.1) is 0 Å². The fourth-order valence-electron chi connectivity index (χ4n) is 3.78. The van der Waals surface area contributed by atoms with Crippen LogP contribution in [0.1, 0.15) is 26.3 Å². The van der Waals surface area contributed by atoms with Gasteiger partial charge in [0.2, 0.25) is 0 Å². The van der Waals surface area contributed by atoms with E-state index in [1.165, 1.54) is 20.4 Å². The summed E-state index contributed by atoms with van der Waals surface area (Å²) in [5.41, 5.74) is 1.07. The highest BCUT2D eigenvalue weighted by Gasteiger charge is 2.26. The van der Waals surface area contributed by atoms with Crippen LogP contribution in [0.25, 0.3) is 0 Å². The second-order valence-corrected chi connectivity index (χ2v) is 11.8. The number of amides is 1. The van der Waals surface area contributed by atoms with Crippen molar-refractivity contribution < 1.29 is 27.4 Å². The minimum atomic E-state index is -3.54. The Morgan fingerprint density at radius 2 is 1.72 bits per heavy atom. The standard InChI is InChI=1S/C25H32ClN3O6S/c1-25(2,3)35-24(30)29-11-9-28(10-12-29)19-7-8-22(36(6,31)32)20(15-19)27-16-17-13-18(26)14-21(33-4)23(17)34-5/h7-8,13-16H,9-12H2,1-6H3. The molecule has 1 aliphatic heterocycles. The number of anilines is 1. The van der Waals surface area contributed by atoms with Gasteiger partial charge in [0.05, 0.1) is 24.8 Å². The van der Waals surface area contributed by atoms with Crippen molar-refractivity contribution in [1.82, 2.24) is 4.90 Å². The number of piperazine rings is 1. The fraction of sp³-hybridized carbons (Fsp3) is 0.440. The molecule has 1 saturated heterocycles.